The number of aromatic amines is 1. The molecule has 2 aromatic rings. The van der Waals surface area contributed by atoms with Gasteiger partial charge in [0.2, 0.25) is 0 Å². The van der Waals surface area contributed by atoms with Crippen LogP contribution in [-0.4, -0.2) is 53.5 Å². The van der Waals surface area contributed by atoms with Gasteiger partial charge in [-0.2, -0.15) is 0 Å². The number of piperazine rings is 1. The van der Waals surface area contributed by atoms with Crippen LogP contribution in [0.1, 0.15) is 12.5 Å². The number of hydrogen-bond donors (Lipinski definition) is 1. The van der Waals surface area contributed by atoms with Gasteiger partial charge in [-0.05, 0) is 38.7 Å². The molecule has 1 aliphatic rings. The van der Waals surface area contributed by atoms with Crippen LogP contribution in [0.2, 0.25) is 0 Å². The van der Waals surface area contributed by atoms with Crippen LogP contribution in [0.25, 0.3) is 11.0 Å². The van der Waals surface area contributed by atoms with Crippen molar-refractivity contribution >= 4 is 11.0 Å². The normalized spacial score (nSPS) is 26.8. The van der Waals surface area contributed by atoms with Crippen LogP contribution in [0, 0.1) is 0 Å². The first-order valence-electron chi connectivity index (χ1n) is 6.43. The zero-order valence-corrected chi connectivity index (χ0v) is 11.3. The molecule has 1 N–H and O–H groups in total. The van der Waals surface area contributed by atoms with Crippen molar-refractivity contribution in [3.05, 3.63) is 30.1 Å². The number of hydrogen-bond acceptors (Lipinski definition) is 3. The van der Waals surface area contributed by atoms with Gasteiger partial charge >= 0.3 is 0 Å². The summed E-state index contributed by atoms with van der Waals surface area (Å²) < 4.78 is 0. The summed E-state index contributed by atoms with van der Waals surface area (Å²) in [5.74, 6) is 0. The molecule has 0 bridgehead atoms. The SMILES string of the molecule is CN1CCN(C)C(C)(c2ccc3nc[nH]c3c2)C1. The number of fused-ring (bicyclic) bond motifs is 1. The van der Waals surface area contributed by atoms with E-state index in [1.165, 1.54) is 5.56 Å². The summed E-state index contributed by atoms with van der Waals surface area (Å²) in [5.41, 5.74) is 3.59. The smallest absolute Gasteiger partial charge is 0.0931 e. The molecule has 1 aromatic carbocycles. The number of rotatable bonds is 1. The highest BCUT2D eigenvalue weighted by Crippen LogP contribution is 2.31. The molecule has 1 saturated heterocycles. The molecule has 1 atom stereocenters. The summed E-state index contributed by atoms with van der Waals surface area (Å²) in [5, 5.41) is 0. The first-order valence-corrected chi connectivity index (χ1v) is 6.43. The van der Waals surface area contributed by atoms with E-state index in [4.69, 9.17) is 0 Å². The summed E-state index contributed by atoms with van der Waals surface area (Å²) in [7, 11) is 4.41. The summed E-state index contributed by atoms with van der Waals surface area (Å²) in [6, 6.07) is 6.55. The fourth-order valence-corrected chi connectivity index (χ4v) is 2.88. The number of likely N-dealkylation sites (N-methyl/N-ethyl adjacent to an activating group) is 2. The molecule has 4 nitrogen and oxygen atoms in total. The van der Waals surface area contributed by atoms with Crippen LogP contribution in [0.3, 0.4) is 0 Å². The highest BCUT2D eigenvalue weighted by atomic mass is 15.3. The second kappa shape index (κ2) is 4.07. The first kappa shape index (κ1) is 11.7. The van der Waals surface area contributed by atoms with E-state index >= 15 is 0 Å². The number of nitrogens with one attached hydrogen (secondary N) is 1. The van der Waals surface area contributed by atoms with Crippen molar-refractivity contribution in [1.82, 2.24) is 19.8 Å². The molecule has 2 heterocycles. The topological polar surface area (TPSA) is 35.2 Å². The predicted octanol–water partition coefficient (Wildman–Crippen LogP) is 1.66. The lowest BCUT2D eigenvalue weighted by Gasteiger charge is -2.46. The molecular weight excluding hydrogens is 224 g/mol. The second-order valence-corrected chi connectivity index (χ2v) is 5.57. The van der Waals surface area contributed by atoms with Gasteiger partial charge in [-0.1, -0.05) is 6.07 Å². The molecule has 4 heteroatoms. The maximum absolute atomic E-state index is 4.28. The number of aromatic nitrogens is 2. The van der Waals surface area contributed by atoms with E-state index in [0.717, 1.165) is 30.7 Å². The Labute approximate surface area is 108 Å². The number of benzene rings is 1. The van der Waals surface area contributed by atoms with Crippen molar-refractivity contribution in [1.29, 1.82) is 0 Å². The Balaban J connectivity index is 2.05. The third-order valence-electron chi connectivity index (χ3n) is 4.28. The van der Waals surface area contributed by atoms with Crippen molar-refractivity contribution in [2.24, 2.45) is 0 Å². The zero-order valence-electron chi connectivity index (χ0n) is 11.3. The minimum absolute atomic E-state index is 0.0757. The minimum Gasteiger partial charge on any atom is -0.345 e. The summed E-state index contributed by atoms with van der Waals surface area (Å²) in [6.45, 7) is 5.62. The van der Waals surface area contributed by atoms with Gasteiger partial charge in [-0.3, -0.25) is 4.90 Å². The second-order valence-electron chi connectivity index (χ2n) is 5.57. The Bertz CT molecular complexity index is 562. The van der Waals surface area contributed by atoms with Crippen LogP contribution in [0.5, 0.6) is 0 Å². The Hall–Kier alpha value is -1.39. The molecule has 0 radical (unpaired) electrons. The van der Waals surface area contributed by atoms with Crippen LogP contribution < -0.4 is 0 Å². The molecule has 3 rings (SSSR count). The molecular formula is C14H20N4. The van der Waals surface area contributed by atoms with Crippen molar-refractivity contribution in [3.8, 4) is 0 Å². The number of imidazole rings is 1. The predicted molar refractivity (Wildman–Crippen MR) is 73.6 cm³/mol. The average Bonchev–Trinajstić information content (AvgIpc) is 2.81. The van der Waals surface area contributed by atoms with Crippen molar-refractivity contribution in [2.75, 3.05) is 33.7 Å². The fourth-order valence-electron chi connectivity index (χ4n) is 2.88. The van der Waals surface area contributed by atoms with E-state index in [0.29, 0.717) is 0 Å². The van der Waals surface area contributed by atoms with Gasteiger partial charge in [-0.15, -0.1) is 0 Å². The fraction of sp³-hybridized carbons (Fsp3) is 0.500. The van der Waals surface area contributed by atoms with Gasteiger partial charge in [0, 0.05) is 19.6 Å². The van der Waals surface area contributed by atoms with Gasteiger partial charge in [0.05, 0.1) is 22.9 Å². The molecule has 1 fully saturated rings. The van der Waals surface area contributed by atoms with E-state index < -0.39 is 0 Å². The quantitative estimate of drug-likeness (QED) is 0.828. The van der Waals surface area contributed by atoms with Gasteiger partial charge in [0.25, 0.3) is 0 Å². The monoisotopic (exact) mass is 244 g/mol. The van der Waals surface area contributed by atoms with E-state index in [1.54, 1.807) is 6.33 Å². The summed E-state index contributed by atoms with van der Waals surface area (Å²) in [4.78, 5) is 12.3. The zero-order chi connectivity index (χ0) is 12.8. The number of nitrogens with zero attached hydrogens (tertiary/aromatic N) is 3. The number of H-pyrrole nitrogens is 1. The van der Waals surface area contributed by atoms with Crippen LogP contribution in [-0.2, 0) is 5.54 Å². The van der Waals surface area contributed by atoms with Gasteiger partial charge in [0.1, 0.15) is 0 Å². The van der Waals surface area contributed by atoms with E-state index in [9.17, 15) is 0 Å². The maximum atomic E-state index is 4.28. The lowest BCUT2D eigenvalue weighted by atomic mass is 9.88. The first-order chi connectivity index (χ1) is 8.59. The standard InChI is InChI=1S/C14H20N4/c1-14(9-17(2)6-7-18(14)3)11-4-5-12-13(8-11)16-10-15-12/h4-5,8,10H,6-7,9H2,1-3H3,(H,15,16). The molecule has 0 aliphatic carbocycles. The lowest BCUT2D eigenvalue weighted by Crippen LogP contribution is -2.56. The Morgan fingerprint density at radius 2 is 2.11 bits per heavy atom. The van der Waals surface area contributed by atoms with Crippen LogP contribution >= 0.6 is 0 Å². The molecule has 1 aliphatic heterocycles. The third-order valence-corrected chi connectivity index (χ3v) is 4.28. The molecule has 0 saturated carbocycles. The van der Waals surface area contributed by atoms with Gasteiger partial charge < -0.3 is 9.88 Å². The molecule has 0 spiro atoms. The van der Waals surface area contributed by atoms with Gasteiger partial charge in [0.15, 0.2) is 0 Å². The highest BCUT2D eigenvalue weighted by molar-refractivity contribution is 5.75. The van der Waals surface area contributed by atoms with Crippen LogP contribution in [0.4, 0.5) is 0 Å². The average molecular weight is 244 g/mol. The summed E-state index contributed by atoms with van der Waals surface area (Å²) in [6.07, 6.45) is 1.76. The molecule has 0 amide bonds. The van der Waals surface area contributed by atoms with Crippen molar-refractivity contribution in [3.63, 3.8) is 0 Å². The molecule has 18 heavy (non-hydrogen) atoms. The Morgan fingerprint density at radius 1 is 1.28 bits per heavy atom. The highest BCUT2D eigenvalue weighted by Gasteiger charge is 2.35. The minimum atomic E-state index is 0.0757. The van der Waals surface area contributed by atoms with Crippen molar-refractivity contribution in [2.45, 2.75) is 12.5 Å². The Kier molecular flexibility index (Phi) is 2.64. The summed E-state index contributed by atoms with van der Waals surface area (Å²) >= 11 is 0. The molecule has 1 aromatic heterocycles. The van der Waals surface area contributed by atoms with Gasteiger partial charge in [-0.25, -0.2) is 4.98 Å². The van der Waals surface area contributed by atoms with E-state index in [1.807, 2.05) is 0 Å². The maximum Gasteiger partial charge on any atom is 0.0931 e. The van der Waals surface area contributed by atoms with Crippen LogP contribution in [0.15, 0.2) is 24.5 Å². The largest absolute Gasteiger partial charge is 0.345 e. The third kappa shape index (κ3) is 1.72. The molecule has 96 valence electrons. The lowest BCUT2D eigenvalue weighted by molar-refractivity contribution is 0.0380. The Morgan fingerprint density at radius 3 is 2.94 bits per heavy atom. The van der Waals surface area contributed by atoms with Crippen molar-refractivity contribution < 1.29 is 0 Å². The molecule has 1 unspecified atom stereocenters. The van der Waals surface area contributed by atoms with E-state index in [2.05, 4.69) is 59.0 Å². The van der Waals surface area contributed by atoms with E-state index in [-0.39, 0.29) is 5.54 Å².